The molecule has 1 aromatic rings. The van der Waals surface area contributed by atoms with Crippen molar-refractivity contribution in [2.24, 2.45) is 0 Å². The summed E-state index contributed by atoms with van der Waals surface area (Å²) in [6.07, 6.45) is 1.83. The molecule has 12 heavy (non-hydrogen) atoms. The number of anilines is 1. The molecule has 0 saturated heterocycles. The topological polar surface area (TPSA) is 16.1 Å². The standard InChI is InChI=1S/C10H16N2/c1-4-12(9(2)3)10-7-5-6-8-11-10/h5-9H,4H2,1-3H3. The molecule has 1 rings (SSSR count). The molecule has 0 N–H and O–H groups in total. The summed E-state index contributed by atoms with van der Waals surface area (Å²) < 4.78 is 0. The van der Waals surface area contributed by atoms with Crippen LogP contribution in [0.3, 0.4) is 0 Å². The van der Waals surface area contributed by atoms with Gasteiger partial charge in [0.15, 0.2) is 0 Å². The van der Waals surface area contributed by atoms with Gasteiger partial charge in [0.2, 0.25) is 0 Å². The molecule has 0 aliphatic heterocycles. The highest BCUT2D eigenvalue weighted by Crippen LogP contribution is 2.11. The first-order chi connectivity index (χ1) is 5.75. The van der Waals surface area contributed by atoms with Gasteiger partial charge in [-0.15, -0.1) is 0 Å². The minimum atomic E-state index is 0.518. The van der Waals surface area contributed by atoms with Crippen LogP contribution >= 0.6 is 0 Å². The predicted octanol–water partition coefficient (Wildman–Crippen LogP) is 2.32. The molecule has 0 fully saturated rings. The van der Waals surface area contributed by atoms with E-state index in [0.717, 1.165) is 12.4 Å². The van der Waals surface area contributed by atoms with Crippen LogP contribution < -0.4 is 4.90 Å². The maximum Gasteiger partial charge on any atom is 0.128 e. The Kier molecular flexibility index (Phi) is 3.09. The molecule has 0 radical (unpaired) electrons. The molecule has 66 valence electrons. The zero-order valence-electron chi connectivity index (χ0n) is 7.99. The summed E-state index contributed by atoms with van der Waals surface area (Å²) in [5, 5.41) is 0. The molecular formula is C10H16N2. The average molecular weight is 164 g/mol. The molecule has 0 spiro atoms. The van der Waals surface area contributed by atoms with E-state index < -0.39 is 0 Å². The van der Waals surface area contributed by atoms with E-state index in [4.69, 9.17) is 0 Å². The Bertz CT molecular complexity index is 219. The number of hydrogen-bond acceptors (Lipinski definition) is 2. The molecule has 1 aromatic heterocycles. The molecule has 0 aromatic carbocycles. The summed E-state index contributed by atoms with van der Waals surface area (Å²) in [6, 6.07) is 6.53. The molecule has 2 nitrogen and oxygen atoms in total. The Balaban J connectivity index is 2.80. The van der Waals surface area contributed by atoms with E-state index in [0.29, 0.717) is 6.04 Å². The first-order valence-corrected chi connectivity index (χ1v) is 4.43. The van der Waals surface area contributed by atoms with E-state index in [-0.39, 0.29) is 0 Å². The van der Waals surface area contributed by atoms with Crippen molar-refractivity contribution in [3.63, 3.8) is 0 Å². The van der Waals surface area contributed by atoms with Gasteiger partial charge in [0.1, 0.15) is 5.82 Å². The summed E-state index contributed by atoms with van der Waals surface area (Å²) in [4.78, 5) is 6.56. The summed E-state index contributed by atoms with van der Waals surface area (Å²) in [5.74, 6) is 1.06. The highest BCUT2D eigenvalue weighted by Gasteiger charge is 2.07. The summed E-state index contributed by atoms with van der Waals surface area (Å²) >= 11 is 0. The number of aromatic nitrogens is 1. The van der Waals surface area contributed by atoms with Crippen molar-refractivity contribution in [1.29, 1.82) is 0 Å². The second-order valence-electron chi connectivity index (χ2n) is 3.07. The maximum atomic E-state index is 4.30. The predicted molar refractivity (Wildman–Crippen MR) is 52.4 cm³/mol. The van der Waals surface area contributed by atoms with Crippen molar-refractivity contribution < 1.29 is 0 Å². The van der Waals surface area contributed by atoms with Gasteiger partial charge in [0.25, 0.3) is 0 Å². The van der Waals surface area contributed by atoms with Crippen LogP contribution in [-0.4, -0.2) is 17.6 Å². The fraction of sp³-hybridized carbons (Fsp3) is 0.500. The van der Waals surface area contributed by atoms with Gasteiger partial charge in [-0.2, -0.15) is 0 Å². The lowest BCUT2D eigenvalue weighted by atomic mass is 10.3. The van der Waals surface area contributed by atoms with Crippen LogP contribution in [0.4, 0.5) is 5.82 Å². The summed E-state index contributed by atoms with van der Waals surface area (Å²) in [6.45, 7) is 7.51. The minimum absolute atomic E-state index is 0.518. The average Bonchev–Trinajstić information content (AvgIpc) is 2.07. The number of hydrogen-bond donors (Lipinski definition) is 0. The van der Waals surface area contributed by atoms with Crippen molar-refractivity contribution in [2.75, 3.05) is 11.4 Å². The number of nitrogens with zero attached hydrogens (tertiary/aromatic N) is 2. The second-order valence-corrected chi connectivity index (χ2v) is 3.07. The molecule has 0 atom stereocenters. The largest absolute Gasteiger partial charge is 0.354 e. The van der Waals surface area contributed by atoms with Crippen LogP contribution in [0.15, 0.2) is 24.4 Å². The lowest BCUT2D eigenvalue weighted by molar-refractivity contribution is 0.693. The molecule has 1 heterocycles. The monoisotopic (exact) mass is 164 g/mol. The van der Waals surface area contributed by atoms with E-state index in [9.17, 15) is 0 Å². The van der Waals surface area contributed by atoms with Crippen molar-refractivity contribution in [3.05, 3.63) is 24.4 Å². The molecule has 0 amide bonds. The van der Waals surface area contributed by atoms with E-state index in [1.165, 1.54) is 0 Å². The van der Waals surface area contributed by atoms with Crippen LogP contribution in [0, 0.1) is 0 Å². The van der Waals surface area contributed by atoms with Crippen LogP contribution in [-0.2, 0) is 0 Å². The van der Waals surface area contributed by atoms with Crippen molar-refractivity contribution in [3.8, 4) is 0 Å². The summed E-state index contributed by atoms with van der Waals surface area (Å²) in [5.41, 5.74) is 0. The van der Waals surface area contributed by atoms with Gasteiger partial charge in [0.05, 0.1) is 0 Å². The first-order valence-electron chi connectivity index (χ1n) is 4.43. The third kappa shape index (κ3) is 1.97. The molecule has 2 heteroatoms. The van der Waals surface area contributed by atoms with Gasteiger partial charge in [-0.05, 0) is 32.9 Å². The van der Waals surface area contributed by atoms with E-state index >= 15 is 0 Å². The first kappa shape index (κ1) is 9.04. The summed E-state index contributed by atoms with van der Waals surface area (Å²) in [7, 11) is 0. The maximum absolute atomic E-state index is 4.30. The third-order valence-corrected chi connectivity index (χ3v) is 1.91. The van der Waals surface area contributed by atoms with Crippen molar-refractivity contribution in [1.82, 2.24) is 4.98 Å². The van der Waals surface area contributed by atoms with Crippen LogP contribution in [0.2, 0.25) is 0 Å². The van der Waals surface area contributed by atoms with Crippen LogP contribution in [0.25, 0.3) is 0 Å². The third-order valence-electron chi connectivity index (χ3n) is 1.91. The lowest BCUT2D eigenvalue weighted by Crippen LogP contribution is -2.30. The van der Waals surface area contributed by atoms with Gasteiger partial charge in [-0.1, -0.05) is 6.07 Å². The molecule has 0 aliphatic rings. The molecule has 0 aliphatic carbocycles. The highest BCUT2D eigenvalue weighted by atomic mass is 15.2. The number of rotatable bonds is 3. The van der Waals surface area contributed by atoms with Gasteiger partial charge in [-0.25, -0.2) is 4.98 Å². The smallest absolute Gasteiger partial charge is 0.128 e. The van der Waals surface area contributed by atoms with Gasteiger partial charge < -0.3 is 4.90 Å². The highest BCUT2D eigenvalue weighted by molar-refractivity contribution is 5.38. The zero-order valence-corrected chi connectivity index (χ0v) is 7.99. The van der Waals surface area contributed by atoms with Crippen molar-refractivity contribution in [2.45, 2.75) is 26.8 Å². The fourth-order valence-corrected chi connectivity index (χ4v) is 1.32. The Hall–Kier alpha value is -1.05. The normalized spacial score (nSPS) is 10.3. The van der Waals surface area contributed by atoms with Gasteiger partial charge in [0, 0.05) is 18.8 Å². The van der Waals surface area contributed by atoms with E-state index in [1.807, 2.05) is 24.4 Å². The molecular weight excluding hydrogens is 148 g/mol. The Morgan fingerprint density at radius 1 is 1.42 bits per heavy atom. The molecule has 0 unspecified atom stereocenters. The Morgan fingerprint density at radius 3 is 2.58 bits per heavy atom. The molecule has 0 saturated carbocycles. The van der Waals surface area contributed by atoms with Gasteiger partial charge in [-0.3, -0.25) is 0 Å². The quantitative estimate of drug-likeness (QED) is 0.681. The van der Waals surface area contributed by atoms with E-state index in [1.54, 1.807) is 0 Å². The zero-order chi connectivity index (χ0) is 8.97. The Labute approximate surface area is 74.2 Å². The Morgan fingerprint density at radius 2 is 2.17 bits per heavy atom. The van der Waals surface area contributed by atoms with Crippen LogP contribution in [0.1, 0.15) is 20.8 Å². The molecule has 0 bridgehead atoms. The second kappa shape index (κ2) is 4.10. The lowest BCUT2D eigenvalue weighted by Gasteiger charge is -2.25. The fourth-order valence-electron chi connectivity index (χ4n) is 1.32. The van der Waals surface area contributed by atoms with E-state index in [2.05, 4.69) is 30.7 Å². The van der Waals surface area contributed by atoms with Crippen LogP contribution in [0.5, 0.6) is 0 Å². The number of pyridine rings is 1. The van der Waals surface area contributed by atoms with Gasteiger partial charge >= 0.3 is 0 Å². The van der Waals surface area contributed by atoms with Crippen molar-refractivity contribution >= 4 is 5.82 Å². The minimum Gasteiger partial charge on any atom is -0.354 e. The SMILES string of the molecule is CCN(c1ccccn1)C(C)C.